The molecule has 2 aromatic rings. The van der Waals surface area contributed by atoms with E-state index in [1.807, 2.05) is 19.3 Å². The minimum atomic E-state index is 0.319. The number of aryl methyl sites for hydroxylation is 1. The topological polar surface area (TPSA) is 72.9 Å². The Bertz CT molecular complexity index is 547. The molecule has 0 atom stereocenters. The molecule has 0 amide bonds. The zero-order chi connectivity index (χ0) is 11.8. The summed E-state index contributed by atoms with van der Waals surface area (Å²) in [4.78, 5) is 14.8. The smallest absolute Gasteiger partial charge is 0.221 e. The van der Waals surface area contributed by atoms with E-state index in [4.69, 9.17) is 5.73 Å². The van der Waals surface area contributed by atoms with E-state index in [0.717, 1.165) is 36.8 Å². The van der Waals surface area contributed by atoms with E-state index in [-0.39, 0.29) is 0 Å². The lowest BCUT2D eigenvalue weighted by atomic mass is 10.3. The van der Waals surface area contributed by atoms with Crippen molar-refractivity contribution in [2.45, 2.75) is 20.0 Å². The van der Waals surface area contributed by atoms with Crippen molar-refractivity contribution in [1.29, 1.82) is 0 Å². The quantitative estimate of drug-likeness (QED) is 0.776. The molecule has 6 heteroatoms. The van der Waals surface area contributed by atoms with Gasteiger partial charge in [0.05, 0.1) is 6.54 Å². The highest BCUT2D eigenvalue weighted by atomic mass is 15.3. The molecule has 2 N–H and O–H groups in total. The van der Waals surface area contributed by atoms with Crippen molar-refractivity contribution in [3.05, 3.63) is 30.0 Å². The minimum absolute atomic E-state index is 0.319. The van der Waals surface area contributed by atoms with Crippen molar-refractivity contribution in [1.82, 2.24) is 19.5 Å². The standard InChI is InChI=1S/C11H14N6/c1-8-6-14-11(12)15-10(8)17-5-4-16-3-2-13-9(16)7-17/h2-3,6H,4-5,7H2,1H3,(H2,12,14,15). The molecule has 88 valence electrons. The van der Waals surface area contributed by atoms with Gasteiger partial charge in [0.15, 0.2) is 0 Å². The highest BCUT2D eigenvalue weighted by Gasteiger charge is 2.19. The largest absolute Gasteiger partial charge is 0.368 e. The van der Waals surface area contributed by atoms with E-state index in [0.29, 0.717) is 5.95 Å². The molecule has 0 saturated heterocycles. The second-order valence-electron chi connectivity index (χ2n) is 4.19. The summed E-state index contributed by atoms with van der Waals surface area (Å²) in [5.74, 6) is 2.29. The molecule has 0 radical (unpaired) electrons. The Labute approximate surface area is 99.1 Å². The maximum absolute atomic E-state index is 5.64. The SMILES string of the molecule is Cc1cnc(N)nc1N1CCn2ccnc2C1. The first-order valence-electron chi connectivity index (χ1n) is 5.58. The summed E-state index contributed by atoms with van der Waals surface area (Å²) in [7, 11) is 0. The molecule has 0 aliphatic carbocycles. The van der Waals surface area contributed by atoms with Crippen LogP contribution in [0.5, 0.6) is 0 Å². The van der Waals surface area contributed by atoms with Gasteiger partial charge >= 0.3 is 0 Å². The monoisotopic (exact) mass is 230 g/mol. The molecule has 0 fully saturated rings. The Morgan fingerprint density at radius 1 is 1.29 bits per heavy atom. The van der Waals surface area contributed by atoms with Crippen LogP contribution in [0.2, 0.25) is 0 Å². The number of hydrogen-bond acceptors (Lipinski definition) is 5. The summed E-state index contributed by atoms with van der Waals surface area (Å²) in [6, 6.07) is 0. The summed E-state index contributed by atoms with van der Waals surface area (Å²) in [5.41, 5.74) is 6.68. The Morgan fingerprint density at radius 2 is 2.18 bits per heavy atom. The average Bonchev–Trinajstić information content (AvgIpc) is 2.79. The van der Waals surface area contributed by atoms with Crippen LogP contribution in [0.25, 0.3) is 0 Å². The van der Waals surface area contributed by atoms with Crippen LogP contribution in [0.3, 0.4) is 0 Å². The third-order valence-corrected chi connectivity index (χ3v) is 3.01. The van der Waals surface area contributed by atoms with E-state index in [1.54, 1.807) is 6.20 Å². The maximum atomic E-state index is 5.64. The fourth-order valence-corrected chi connectivity index (χ4v) is 2.12. The molecule has 6 nitrogen and oxygen atoms in total. The van der Waals surface area contributed by atoms with Crippen LogP contribution in [-0.2, 0) is 13.1 Å². The lowest BCUT2D eigenvalue weighted by Crippen LogP contribution is -2.34. The summed E-state index contributed by atoms with van der Waals surface area (Å²) >= 11 is 0. The molecule has 0 spiro atoms. The van der Waals surface area contributed by atoms with E-state index in [1.165, 1.54) is 0 Å². The number of nitrogens with zero attached hydrogens (tertiary/aromatic N) is 5. The average molecular weight is 230 g/mol. The highest BCUT2D eigenvalue weighted by molar-refractivity contribution is 5.48. The summed E-state index contributed by atoms with van der Waals surface area (Å²) in [6.07, 6.45) is 5.60. The van der Waals surface area contributed by atoms with Gasteiger partial charge in [0.25, 0.3) is 0 Å². The van der Waals surface area contributed by atoms with Crippen LogP contribution in [-0.4, -0.2) is 26.1 Å². The van der Waals surface area contributed by atoms with Crippen molar-refractivity contribution in [2.75, 3.05) is 17.2 Å². The van der Waals surface area contributed by atoms with Gasteiger partial charge in [-0.15, -0.1) is 0 Å². The number of anilines is 2. The van der Waals surface area contributed by atoms with Crippen molar-refractivity contribution in [2.24, 2.45) is 0 Å². The molecule has 0 saturated carbocycles. The Morgan fingerprint density at radius 3 is 3.06 bits per heavy atom. The molecule has 0 unspecified atom stereocenters. The van der Waals surface area contributed by atoms with Crippen LogP contribution >= 0.6 is 0 Å². The number of fused-ring (bicyclic) bond motifs is 1. The second-order valence-corrected chi connectivity index (χ2v) is 4.19. The van der Waals surface area contributed by atoms with Gasteiger partial charge in [0, 0.05) is 37.2 Å². The lowest BCUT2D eigenvalue weighted by Gasteiger charge is -2.29. The number of nitrogens with two attached hydrogens (primary N) is 1. The first-order valence-corrected chi connectivity index (χ1v) is 5.58. The summed E-state index contributed by atoms with van der Waals surface area (Å²) in [6.45, 7) is 4.61. The van der Waals surface area contributed by atoms with Crippen molar-refractivity contribution in [3.63, 3.8) is 0 Å². The summed E-state index contributed by atoms with van der Waals surface area (Å²) < 4.78 is 2.16. The Balaban J connectivity index is 1.94. The van der Waals surface area contributed by atoms with Crippen molar-refractivity contribution < 1.29 is 0 Å². The van der Waals surface area contributed by atoms with Crippen LogP contribution < -0.4 is 10.6 Å². The molecule has 0 bridgehead atoms. The van der Waals surface area contributed by atoms with Crippen LogP contribution in [0.1, 0.15) is 11.4 Å². The van der Waals surface area contributed by atoms with Crippen molar-refractivity contribution in [3.8, 4) is 0 Å². The molecule has 1 aliphatic heterocycles. The van der Waals surface area contributed by atoms with Crippen molar-refractivity contribution >= 4 is 11.8 Å². The number of hydrogen-bond donors (Lipinski definition) is 1. The Kier molecular flexibility index (Phi) is 2.21. The number of imidazole rings is 1. The molecular weight excluding hydrogens is 216 g/mol. The van der Waals surface area contributed by atoms with Gasteiger partial charge in [-0.2, -0.15) is 4.98 Å². The Hall–Kier alpha value is -2.11. The van der Waals surface area contributed by atoms with E-state index < -0.39 is 0 Å². The predicted octanol–water partition coefficient (Wildman–Crippen LogP) is 0.584. The minimum Gasteiger partial charge on any atom is -0.368 e. The van der Waals surface area contributed by atoms with Gasteiger partial charge in [-0.05, 0) is 6.92 Å². The zero-order valence-corrected chi connectivity index (χ0v) is 9.67. The van der Waals surface area contributed by atoms with Gasteiger partial charge < -0.3 is 15.2 Å². The zero-order valence-electron chi connectivity index (χ0n) is 9.67. The fraction of sp³-hybridized carbons (Fsp3) is 0.364. The third kappa shape index (κ3) is 1.71. The maximum Gasteiger partial charge on any atom is 0.221 e. The van der Waals surface area contributed by atoms with Gasteiger partial charge in [-0.25, -0.2) is 9.97 Å². The number of nitrogen functional groups attached to an aromatic ring is 1. The molecule has 1 aliphatic rings. The molecule has 17 heavy (non-hydrogen) atoms. The van der Waals surface area contributed by atoms with E-state index in [9.17, 15) is 0 Å². The highest BCUT2D eigenvalue weighted by Crippen LogP contribution is 2.21. The molecular formula is C11H14N6. The second kappa shape index (κ2) is 3.73. The molecule has 0 aromatic carbocycles. The normalized spacial score (nSPS) is 14.8. The van der Waals surface area contributed by atoms with E-state index in [2.05, 4.69) is 24.4 Å². The van der Waals surface area contributed by atoms with Gasteiger partial charge in [-0.1, -0.05) is 0 Å². The molecule has 3 heterocycles. The molecule has 2 aromatic heterocycles. The fourth-order valence-electron chi connectivity index (χ4n) is 2.12. The van der Waals surface area contributed by atoms with E-state index >= 15 is 0 Å². The third-order valence-electron chi connectivity index (χ3n) is 3.01. The lowest BCUT2D eigenvalue weighted by molar-refractivity contribution is 0.555. The first-order chi connectivity index (χ1) is 8.24. The summed E-state index contributed by atoms with van der Waals surface area (Å²) in [5, 5.41) is 0. The number of aromatic nitrogens is 4. The van der Waals surface area contributed by atoms with Crippen LogP contribution in [0.15, 0.2) is 18.6 Å². The van der Waals surface area contributed by atoms with Gasteiger partial charge in [0.2, 0.25) is 5.95 Å². The first kappa shape index (κ1) is 10.1. The van der Waals surface area contributed by atoms with Gasteiger partial charge in [0.1, 0.15) is 11.6 Å². The molecule has 3 rings (SSSR count). The van der Waals surface area contributed by atoms with Crippen LogP contribution in [0, 0.1) is 6.92 Å². The van der Waals surface area contributed by atoms with Gasteiger partial charge in [-0.3, -0.25) is 0 Å². The predicted molar refractivity (Wildman–Crippen MR) is 64.5 cm³/mol. The van der Waals surface area contributed by atoms with Crippen LogP contribution in [0.4, 0.5) is 11.8 Å². The number of rotatable bonds is 1.